The third-order valence-corrected chi connectivity index (χ3v) is 7.95. The number of aliphatic hydroxyl groups excluding tert-OH is 2. The predicted molar refractivity (Wildman–Crippen MR) is 161 cm³/mol. The maximum Gasteiger partial charge on any atom is 0.247 e. The number of amides is 2. The Morgan fingerprint density at radius 3 is 2.60 bits per heavy atom. The first-order chi connectivity index (χ1) is 20.9. The number of para-hydroxylation sites is 1. The van der Waals surface area contributed by atoms with Crippen molar-refractivity contribution in [1.29, 1.82) is 0 Å². The minimum absolute atomic E-state index is 0.0198. The third kappa shape index (κ3) is 6.92. The van der Waals surface area contributed by atoms with Gasteiger partial charge in [-0.15, -0.1) is 6.58 Å². The van der Waals surface area contributed by atoms with E-state index in [-0.39, 0.29) is 37.6 Å². The molecule has 0 fully saturated rings. The summed E-state index contributed by atoms with van der Waals surface area (Å²) in [7, 11) is 3.04. The summed E-state index contributed by atoms with van der Waals surface area (Å²) in [5, 5.41) is 23.9. The van der Waals surface area contributed by atoms with Crippen LogP contribution >= 0.6 is 0 Å². The fourth-order valence-electron chi connectivity index (χ4n) is 5.86. The smallest absolute Gasteiger partial charge is 0.247 e. The van der Waals surface area contributed by atoms with Gasteiger partial charge in [0.1, 0.15) is 24.2 Å². The summed E-state index contributed by atoms with van der Waals surface area (Å²) in [6.45, 7) is 3.77. The van der Waals surface area contributed by atoms with Gasteiger partial charge in [0.05, 0.1) is 32.8 Å². The summed E-state index contributed by atoms with van der Waals surface area (Å²) in [6, 6.07) is 9.82. The Morgan fingerprint density at radius 1 is 1.14 bits per heavy atom. The van der Waals surface area contributed by atoms with E-state index in [0.29, 0.717) is 47.5 Å². The van der Waals surface area contributed by atoms with E-state index >= 15 is 0 Å². The van der Waals surface area contributed by atoms with Gasteiger partial charge in [-0.25, -0.2) is 0 Å². The molecular weight excluding hydrogens is 552 g/mol. The van der Waals surface area contributed by atoms with Crippen molar-refractivity contribution in [3.63, 3.8) is 0 Å². The van der Waals surface area contributed by atoms with Crippen LogP contribution in [-0.2, 0) is 16.0 Å². The Hall–Kier alpha value is -4.15. The van der Waals surface area contributed by atoms with E-state index in [0.717, 1.165) is 18.4 Å². The molecule has 2 aromatic carbocycles. The molecule has 2 aromatic rings. The van der Waals surface area contributed by atoms with Crippen molar-refractivity contribution in [3.8, 4) is 17.2 Å². The summed E-state index contributed by atoms with van der Waals surface area (Å²) >= 11 is 0. The Kier molecular flexibility index (Phi) is 11.0. The second-order valence-corrected chi connectivity index (χ2v) is 10.6. The average Bonchev–Trinajstić information content (AvgIpc) is 3.42. The van der Waals surface area contributed by atoms with Crippen LogP contribution in [0.15, 0.2) is 60.7 Å². The highest BCUT2D eigenvalue weighted by atomic mass is 16.5. The molecule has 0 saturated carbocycles. The lowest BCUT2D eigenvalue weighted by atomic mass is 9.77. The molecule has 0 aromatic heterocycles. The zero-order valence-electron chi connectivity index (χ0n) is 24.7. The lowest BCUT2D eigenvalue weighted by molar-refractivity contribution is -0.137. The van der Waals surface area contributed by atoms with Gasteiger partial charge in [0.2, 0.25) is 11.8 Å². The average molecular weight is 593 g/mol. The molecular formula is C33H40N2O8. The number of benzene rings is 2. The van der Waals surface area contributed by atoms with Crippen LogP contribution in [0.5, 0.6) is 17.2 Å². The van der Waals surface area contributed by atoms with E-state index in [4.69, 9.17) is 14.2 Å². The maximum absolute atomic E-state index is 13.8. The molecule has 2 amide bonds. The van der Waals surface area contributed by atoms with Crippen molar-refractivity contribution >= 4 is 18.1 Å². The summed E-state index contributed by atoms with van der Waals surface area (Å²) in [5.41, 5.74) is 2.04. The number of carbonyl (C=O) groups is 3. The highest BCUT2D eigenvalue weighted by molar-refractivity contribution is 5.96. The zero-order chi connectivity index (χ0) is 30.9. The van der Waals surface area contributed by atoms with Gasteiger partial charge < -0.3 is 34.6 Å². The summed E-state index contributed by atoms with van der Waals surface area (Å²) in [6.07, 6.45) is 4.93. The highest BCUT2D eigenvalue weighted by Crippen LogP contribution is 2.51. The molecule has 230 valence electrons. The van der Waals surface area contributed by atoms with Crippen molar-refractivity contribution in [2.75, 3.05) is 33.9 Å². The number of fused-ring (bicyclic) bond motifs is 3. The van der Waals surface area contributed by atoms with Gasteiger partial charge in [-0.1, -0.05) is 24.3 Å². The Labute approximate surface area is 251 Å². The number of unbranched alkanes of at least 4 members (excludes halogenated alkanes) is 2. The Balaban J connectivity index is 1.75. The first kappa shape index (κ1) is 31.8. The number of rotatable bonds is 15. The lowest BCUT2D eigenvalue weighted by Crippen LogP contribution is -2.56. The van der Waals surface area contributed by atoms with Gasteiger partial charge in [0, 0.05) is 36.2 Å². The summed E-state index contributed by atoms with van der Waals surface area (Å²) in [5.74, 6) is -0.0239. The number of hydrogen-bond donors (Lipinski definition) is 3. The Bertz CT molecular complexity index is 1360. The minimum Gasteiger partial charge on any atom is -0.496 e. The van der Waals surface area contributed by atoms with Crippen molar-refractivity contribution in [2.45, 2.75) is 56.3 Å². The number of nitrogens with one attached hydrogen (secondary N) is 1. The molecule has 1 heterocycles. The molecule has 10 nitrogen and oxygen atoms in total. The van der Waals surface area contributed by atoms with E-state index in [1.54, 1.807) is 24.2 Å². The molecule has 0 spiro atoms. The summed E-state index contributed by atoms with van der Waals surface area (Å²) < 4.78 is 17.3. The van der Waals surface area contributed by atoms with Gasteiger partial charge in [-0.2, -0.15) is 0 Å². The topological polar surface area (TPSA) is 135 Å². The highest BCUT2D eigenvalue weighted by Gasteiger charge is 2.51. The largest absolute Gasteiger partial charge is 0.496 e. The second-order valence-electron chi connectivity index (χ2n) is 10.6. The molecule has 3 N–H and O–H groups in total. The molecule has 0 bridgehead atoms. The third-order valence-electron chi connectivity index (χ3n) is 7.95. The maximum atomic E-state index is 13.8. The lowest BCUT2D eigenvalue weighted by Gasteiger charge is -2.41. The van der Waals surface area contributed by atoms with Gasteiger partial charge in [-0.3, -0.25) is 14.4 Å². The SMILES string of the molecule is C=CCCCCC(=O)N(CCc1ccccc1OC)C1C=C(C(=O)NCCO)C2c3cc(C=O)cc(OC)c3OC2C1O. The molecule has 4 rings (SSSR count). The number of methoxy groups -OCH3 is 2. The van der Waals surface area contributed by atoms with Crippen molar-refractivity contribution in [3.05, 3.63) is 77.4 Å². The van der Waals surface area contributed by atoms with Crippen molar-refractivity contribution in [2.24, 2.45) is 0 Å². The van der Waals surface area contributed by atoms with Crippen LogP contribution in [0.4, 0.5) is 0 Å². The van der Waals surface area contributed by atoms with E-state index in [1.807, 2.05) is 30.3 Å². The van der Waals surface area contributed by atoms with Crippen LogP contribution in [-0.4, -0.2) is 85.4 Å². The van der Waals surface area contributed by atoms with Crippen LogP contribution < -0.4 is 19.5 Å². The fourth-order valence-corrected chi connectivity index (χ4v) is 5.86. The van der Waals surface area contributed by atoms with Gasteiger partial charge in [0.25, 0.3) is 0 Å². The number of nitrogens with zero attached hydrogens (tertiary/aromatic N) is 1. The van der Waals surface area contributed by atoms with E-state index in [1.165, 1.54) is 13.2 Å². The standard InChI is InChI=1S/C33H40N2O8/c1-4-5-6-7-12-28(38)35(15-13-22-10-8-9-11-26(22)41-2)25-19-24(33(40)34-14-16-36)29-23-17-21(20-37)18-27(42-3)31(23)43-32(29)30(25)39/h4,8-11,17-20,25,29-30,32,36,39H,1,5-7,12-16H2,2-3H3,(H,34,40). The zero-order valence-corrected chi connectivity index (χ0v) is 24.7. The first-order valence-electron chi connectivity index (χ1n) is 14.5. The van der Waals surface area contributed by atoms with Gasteiger partial charge in [-0.05, 0) is 55.5 Å². The minimum atomic E-state index is -1.20. The van der Waals surface area contributed by atoms with Gasteiger partial charge >= 0.3 is 0 Å². The number of aldehydes is 1. The molecule has 43 heavy (non-hydrogen) atoms. The molecule has 0 radical (unpaired) electrons. The molecule has 4 atom stereocenters. The molecule has 4 unspecified atom stereocenters. The van der Waals surface area contributed by atoms with Crippen LogP contribution in [0.3, 0.4) is 0 Å². The monoisotopic (exact) mass is 592 g/mol. The number of carbonyl (C=O) groups excluding carboxylic acids is 3. The van der Waals surface area contributed by atoms with Crippen molar-refractivity contribution < 1.29 is 38.8 Å². The quantitative estimate of drug-likeness (QED) is 0.163. The fraction of sp³-hybridized carbons (Fsp3) is 0.424. The molecule has 1 aliphatic heterocycles. The predicted octanol–water partition coefficient (Wildman–Crippen LogP) is 2.96. The molecule has 10 heteroatoms. The van der Waals surface area contributed by atoms with E-state index < -0.39 is 30.1 Å². The Morgan fingerprint density at radius 2 is 1.91 bits per heavy atom. The van der Waals surface area contributed by atoms with Crippen LogP contribution in [0.25, 0.3) is 0 Å². The number of hydrogen-bond acceptors (Lipinski definition) is 8. The number of aliphatic hydroxyl groups is 2. The van der Waals surface area contributed by atoms with Crippen LogP contribution in [0.1, 0.15) is 53.1 Å². The van der Waals surface area contributed by atoms with E-state index in [2.05, 4.69) is 11.9 Å². The second kappa shape index (κ2) is 14.8. The summed E-state index contributed by atoms with van der Waals surface area (Å²) in [4.78, 5) is 40.6. The van der Waals surface area contributed by atoms with Crippen LogP contribution in [0, 0.1) is 0 Å². The number of allylic oxidation sites excluding steroid dienone is 1. The van der Waals surface area contributed by atoms with Crippen molar-refractivity contribution in [1.82, 2.24) is 10.2 Å². The first-order valence-corrected chi connectivity index (χ1v) is 14.5. The molecule has 0 saturated heterocycles. The number of ether oxygens (including phenoxy) is 3. The molecule has 1 aliphatic carbocycles. The normalized spacial score (nSPS) is 20.1. The van der Waals surface area contributed by atoms with Crippen LogP contribution in [0.2, 0.25) is 0 Å². The van der Waals surface area contributed by atoms with E-state index in [9.17, 15) is 24.6 Å². The molecule has 2 aliphatic rings. The van der Waals surface area contributed by atoms with Gasteiger partial charge in [0.15, 0.2) is 11.5 Å².